The summed E-state index contributed by atoms with van der Waals surface area (Å²) >= 11 is 5.35. The van der Waals surface area contributed by atoms with Crippen LogP contribution in [0.5, 0.6) is 0 Å². The van der Waals surface area contributed by atoms with Crippen LogP contribution in [0.25, 0.3) is 0 Å². The van der Waals surface area contributed by atoms with Crippen LogP contribution >= 0.6 is 12.2 Å². The van der Waals surface area contributed by atoms with Crippen LogP contribution in [0, 0.1) is 10.1 Å². The monoisotopic (exact) mass is 277 g/mol. The normalized spacial score (nSPS) is 17.7. The number of nitrogens with one attached hydrogen (secondary N) is 1. The lowest BCUT2D eigenvalue weighted by Gasteiger charge is -2.38. The number of hydrogen-bond donors (Lipinski definition) is 1. The zero-order chi connectivity index (χ0) is 14.2. The van der Waals surface area contributed by atoms with Gasteiger partial charge in [0.1, 0.15) is 0 Å². The number of benzene rings is 1. The van der Waals surface area contributed by atoms with E-state index < -0.39 is 4.92 Å². The number of non-ortho nitro benzene ring substituents is 1. The fourth-order valence-electron chi connectivity index (χ4n) is 2.18. The first-order chi connectivity index (χ1) is 8.80. The summed E-state index contributed by atoms with van der Waals surface area (Å²) < 4.78 is 0. The summed E-state index contributed by atoms with van der Waals surface area (Å²) in [7, 11) is 0. The third-order valence-electron chi connectivity index (χ3n) is 2.85. The number of hydrogen-bond acceptors (Lipinski definition) is 3. The molecule has 0 fully saturated rings. The van der Waals surface area contributed by atoms with E-state index in [2.05, 4.69) is 5.32 Å². The van der Waals surface area contributed by atoms with Gasteiger partial charge >= 0.3 is 0 Å². The van der Waals surface area contributed by atoms with Gasteiger partial charge in [-0.1, -0.05) is 6.07 Å². The van der Waals surface area contributed by atoms with E-state index in [0.717, 1.165) is 5.70 Å². The minimum Gasteiger partial charge on any atom is -0.354 e. The van der Waals surface area contributed by atoms with Gasteiger partial charge in [0.25, 0.3) is 5.69 Å². The van der Waals surface area contributed by atoms with Crippen LogP contribution in [0.1, 0.15) is 20.8 Å². The Morgan fingerprint density at radius 3 is 2.68 bits per heavy atom. The molecule has 0 amide bonds. The molecule has 0 atom stereocenters. The van der Waals surface area contributed by atoms with Gasteiger partial charge in [0.2, 0.25) is 0 Å². The molecule has 2 rings (SSSR count). The van der Waals surface area contributed by atoms with Crippen molar-refractivity contribution in [2.75, 3.05) is 4.90 Å². The first-order valence-corrected chi connectivity index (χ1v) is 6.27. The Morgan fingerprint density at radius 2 is 2.11 bits per heavy atom. The van der Waals surface area contributed by atoms with Crippen molar-refractivity contribution in [1.82, 2.24) is 5.32 Å². The molecule has 1 aromatic carbocycles. The van der Waals surface area contributed by atoms with Crippen molar-refractivity contribution in [1.29, 1.82) is 0 Å². The van der Waals surface area contributed by atoms with Crippen LogP contribution in [-0.2, 0) is 0 Å². The van der Waals surface area contributed by atoms with Gasteiger partial charge in [0, 0.05) is 17.8 Å². The summed E-state index contributed by atoms with van der Waals surface area (Å²) in [5.74, 6) is 0. The highest BCUT2D eigenvalue weighted by Gasteiger charge is 2.28. The number of rotatable bonds is 2. The Hall–Kier alpha value is -1.95. The van der Waals surface area contributed by atoms with E-state index in [1.807, 2.05) is 26.8 Å². The molecular formula is C13H15N3O2S. The Labute approximate surface area is 117 Å². The molecule has 1 aliphatic rings. The van der Waals surface area contributed by atoms with Crippen LogP contribution in [-0.4, -0.2) is 15.6 Å². The smallest absolute Gasteiger partial charge is 0.271 e. The molecule has 0 radical (unpaired) electrons. The lowest BCUT2D eigenvalue weighted by molar-refractivity contribution is -0.384. The van der Waals surface area contributed by atoms with Crippen molar-refractivity contribution < 1.29 is 4.92 Å². The van der Waals surface area contributed by atoms with E-state index in [-0.39, 0.29) is 11.2 Å². The average Bonchev–Trinajstić information content (AvgIpc) is 2.26. The molecule has 0 saturated carbocycles. The maximum Gasteiger partial charge on any atom is 0.271 e. The topological polar surface area (TPSA) is 58.4 Å². The Bertz CT molecular complexity index is 581. The van der Waals surface area contributed by atoms with Crippen molar-refractivity contribution >= 4 is 28.7 Å². The second-order valence-electron chi connectivity index (χ2n) is 5.05. The third-order valence-corrected chi connectivity index (χ3v) is 3.14. The molecule has 6 heteroatoms. The zero-order valence-corrected chi connectivity index (χ0v) is 11.8. The second-order valence-corrected chi connectivity index (χ2v) is 5.44. The van der Waals surface area contributed by atoms with Crippen molar-refractivity contribution in [3.63, 3.8) is 0 Å². The molecule has 1 aliphatic heterocycles. The van der Waals surface area contributed by atoms with E-state index in [1.54, 1.807) is 17.0 Å². The summed E-state index contributed by atoms with van der Waals surface area (Å²) in [5.41, 5.74) is 1.49. The summed E-state index contributed by atoms with van der Waals surface area (Å²) in [6.07, 6.45) is 2.04. The summed E-state index contributed by atoms with van der Waals surface area (Å²) in [4.78, 5) is 12.2. The van der Waals surface area contributed by atoms with E-state index >= 15 is 0 Å². The molecule has 1 aromatic rings. The molecule has 1 N–H and O–H groups in total. The molecular weight excluding hydrogens is 262 g/mol. The van der Waals surface area contributed by atoms with E-state index in [0.29, 0.717) is 10.8 Å². The maximum absolute atomic E-state index is 10.8. The predicted octanol–water partition coefficient (Wildman–Crippen LogP) is 2.97. The van der Waals surface area contributed by atoms with Crippen LogP contribution in [0.2, 0.25) is 0 Å². The molecule has 5 nitrogen and oxygen atoms in total. The van der Waals surface area contributed by atoms with Crippen LogP contribution in [0.4, 0.5) is 11.4 Å². The molecule has 0 spiro atoms. The van der Waals surface area contributed by atoms with Crippen molar-refractivity contribution in [3.05, 3.63) is 46.2 Å². The highest BCUT2D eigenvalue weighted by atomic mass is 32.1. The van der Waals surface area contributed by atoms with E-state index in [4.69, 9.17) is 12.2 Å². The van der Waals surface area contributed by atoms with Gasteiger partial charge in [0.15, 0.2) is 5.11 Å². The number of thiocarbonyl (C=S) groups is 1. The average molecular weight is 277 g/mol. The summed E-state index contributed by atoms with van der Waals surface area (Å²) in [5, 5.41) is 14.6. The number of nitro benzene ring substituents is 1. The molecule has 0 aromatic heterocycles. The van der Waals surface area contributed by atoms with Gasteiger partial charge in [-0.2, -0.15) is 0 Å². The minimum absolute atomic E-state index is 0.0536. The molecule has 100 valence electrons. The predicted molar refractivity (Wildman–Crippen MR) is 79.1 cm³/mol. The van der Waals surface area contributed by atoms with Gasteiger partial charge in [-0.25, -0.2) is 0 Å². The van der Waals surface area contributed by atoms with Crippen molar-refractivity contribution in [2.24, 2.45) is 0 Å². The third kappa shape index (κ3) is 2.73. The minimum atomic E-state index is -0.410. The van der Waals surface area contributed by atoms with Gasteiger partial charge in [-0.05, 0) is 45.1 Å². The number of anilines is 1. The summed E-state index contributed by atoms with van der Waals surface area (Å²) in [6, 6.07) is 6.44. The second kappa shape index (κ2) is 4.62. The quantitative estimate of drug-likeness (QED) is 0.511. The largest absolute Gasteiger partial charge is 0.354 e. The van der Waals surface area contributed by atoms with Crippen molar-refractivity contribution in [2.45, 2.75) is 26.3 Å². The lowest BCUT2D eigenvalue weighted by Crippen LogP contribution is -2.53. The van der Waals surface area contributed by atoms with E-state index in [1.165, 1.54) is 12.1 Å². The number of allylic oxidation sites excluding steroid dienone is 1. The zero-order valence-electron chi connectivity index (χ0n) is 11.0. The molecule has 1 heterocycles. The Kier molecular flexibility index (Phi) is 3.28. The fraction of sp³-hybridized carbons (Fsp3) is 0.308. The molecule has 19 heavy (non-hydrogen) atoms. The summed E-state index contributed by atoms with van der Waals surface area (Å²) in [6.45, 7) is 5.98. The molecule has 0 unspecified atom stereocenters. The first-order valence-electron chi connectivity index (χ1n) is 5.86. The van der Waals surface area contributed by atoms with Gasteiger partial charge in [0.05, 0.1) is 16.1 Å². The lowest BCUT2D eigenvalue weighted by atomic mass is 10.0. The van der Waals surface area contributed by atoms with Crippen LogP contribution < -0.4 is 10.2 Å². The van der Waals surface area contributed by atoms with Gasteiger partial charge in [-0.15, -0.1) is 0 Å². The molecule has 0 saturated heterocycles. The highest BCUT2D eigenvalue weighted by molar-refractivity contribution is 7.80. The standard InChI is InChI=1S/C13H15N3O2S/c1-9-8-13(2,3)14-12(19)15(9)10-5-4-6-11(7-10)16(17)18/h4-8H,1-3H3,(H,14,19). The van der Waals surface area contributed by atoms with Crippen LogP contribution in [0.3, 0.4) is 0 Å². The number of nitrogens with zero attached hydrogens (tertiary/aromatic N) is 2. The Morgan fingerprint density at radius 1 is 1.42 bits per heavy atom. The fourth-order valence-corrected chi connectivity index (χ4v) is 2.69. The van der Waals surface area contributed by atoms with E-state index in [9.17, 15) is 10.1 Å². The SMILES string of the molecule is CC1=CC(C)(C)NC(=S)N1c1cccc([N+](=O)[O-])c1. The molecule has 0 bridgehead atoms. The van der Waals surface area contributed by atoms with Gasteiger partial charge in [-0.3, -0.25) is 15.0 Å². The first kappa shape index (κ1) is 13.5. The van der Waals surface area contributed by atoms with Crippen molar-refractivity contribution in [3.8, 4) is 0 Å². The van der Waals surface area contributed by atoms with Crippen LogP contribution in [0.15, 0.2) is 36.0 Å². The molecule has 0 aliphatic carbocycles. The number of nitro groups is 1. The maximum atomic E-state index is 10.8. The Balaban J connectivity index is 2.44. The highest BCUT2D eigenvalue weighted by Crippen LogP contribution is 2.28. The van der Waals surface area contributed by atoms with Gasteiger partial charge < -0.3 is 5.32 Å².